The lowest BCUT2D eigenvalue weighted by Gasteiger charge is -2.19. The Balaban J connectivity index is 3.45. The third kappa shape index (κ3) is 9.06. The zero-order valence-electron chi connectivity index (χ0n) is 9.29. The Morgan fingerprint density at radius 3 is 2.57 bits per heavy atom. The van der Waals surface area contributed by atoms with E-state index in [0.29, 0.717) is 6.61 Å². The van der Waals surface area contributed by atoms with Crippen molar-refractivity contribution in [3.63, 3.8) is 0 Å². The number of allylic oxidation sites excluding steroid dienone is 1. The average molecular weight is 201 g/mol. The highest BCUT2D eigenvalue weighted by molar-refractivity contribution is 5.66. The van der Waals surface area contributed by atoms with Gasteiger partial charge in [0.05, 0.1) is 6.61 Å². The minimum Gasteiger partial charge on any atom is -0.442 e. The molecule has 4 heteroatoms. The van der Waals surface area contributed by atoms with E-state index in [1.54, 1.807) is 20.8 Å². The van der Waals surface area contributed by atoms with E-state index >= 15 is 0 Å². The number of amides is 1. The van der Waals surface area contributed by atoms with E-state index in [1.807, 2.05) is 19.1 Å². The molecule has 0 rings (SSSR count). The molecule has 0 aliphatic heterocycles. The molecule has 0 aromatic carbocycles. The number of hydroxylamine groups is 1. The monoisotopic (exact) mass is 201 g/mol. The Morgan fingerprint density at radius 1 is 1.43 bits per heavy atom. The molecule has 0 aliphatic carbocycles. The molecule has 0 spiro atoms. The van der Waals surface area contributed by atoms with Gasteiger partial charge in [0, 0.05) is 0 Å². The molecule has 0 saturated carbocycles. The summed E-state index contributed by atoms with van der Waals surface area (Å²) in [5.74, 6) is 0. The number of rotatable bonds is 4. The van der Waals surface area contributed by atoms with Gasteiger partial charge in [0.1, 0.15) is 5.60 Å². The zero-order valence-corrected chi connectivity index (χ0v) is 9.29. The predicted molar refractivity (Wildman–Crippen MR) is 54.8 cm³/mol. The van der Waals surface area contributed by atoms with Gasteiger partial charge in [0.2, 0.25) is 0 Å². The number of nitrogens with one attached hydrogen (secondary N) is 1. The second-order valence-electron chi connectivity index (χ2n) is 3.81. The lowest BCUT2D eigenvalue weighted by Crippen LogP contribution is -2.32. The molecule has 14 heavy (non-hydrogen) atoms. The summed E-state index contributed by atoms with van der Waals surface area (Å²) >= 11 is 0. The maximum absolute atomic E-state index is 11.0. The van der Waals surface area contributed by atoms with E-state index in [9.17, 15) is 4.79 Å². The van der Waals surface area contributed by atoms with Gasteiger partial charge in [-0.1, -0.05) is 12.2 Å². The third-order valence-electron chi connectivity index (χ3n) is 1.18. The van der Waals surface area contributed by atoms with Crippen molar-refractivity contribution in [2.75, 3.05) is 6.61 Å². The van der Waals surface area contributed by atoms with Gasteiger partial charge in [-0.2, -0.15) is 5.48 Å². The molecule has 1 amide bonds. The average Bonchev–Trinajstić information content (AvgIpc) is 2.00. The normalized spacial score (nSPS) is 11.7. The highest BCUT2D eigenvalue weighted by Gasteiger charge is 2.15. The van der Waals surface area contributed by atoms with Gasteiger partial charge in [-0.15, -0.1) is 0 Å². The summed E-state index contributed by atoms with van der Waals surface area (Å²) in [5.41, 5.74) is 1.71. The lowest BCUT2D eigenvalue weighted by atomic mass is 10.2. The first-order chi connectivity index (χ1) is 6.45. The van der Waals surface area contributed by atoms with Crippen molar-refractivity contribution in [3.8, 4) is 0 Å². The van der Waals surface area contributed by atoms with Gasteiger partial charge in [0.25, 0.3) is 0 Å². The molecular formula is C10H19NO3. The van der Waals surface area contributed by atoms with Crippen molar-refractivity contribution < 1.29 is 14.4 Å². The van der Waals surface area contributed by atoms with Crippen LogP contribution in [0.2, 0.25) is 0 Å². The van der Waals surface area contributed by atoms with Crippen LogP contribution in [0, 0.1) is 0 Å². The first kappa shape index (κ1) is 13.0. The first-order valence-electron chi connectivity index (χ1n) is 4.67. The van der Waals surface area contributed by atoms with Crippen LogP contribution in [0.3, 0.4) is 0 Å². The lowest BCUT2D eigenvalue weighted by molar-refractivity contribution is -0.00645. The van der Waals surface area contributed by atoms with E-state index in [0.717, 1.165) is 6.42 Å². The first-order valence-corrected chi connectivity index (χ1v) is 4.67. The smallest absolute Gasteiger partial charge is 0.431 e. The fourth-order valence-corrected chi connectivity index (χ4v) is 0.703. The Hall–Kier alpha value is -1.03. The van der Waals surface area contributed by atoms with Crippen molar-refractivity contribution in [1.82, 2.24) is 5.48 Å². The van der Waals surface area contributed by atoms with Crippen LogP contribution in [0.1, 0.15) is 34.1 Å². The fourth-order valence-electron chi connectivity index (χ4n) is 0.703. The van der Waals surface area contributed by atoms with Crippen LogP contribution in [-0.2, 0) is 9.57 Å². The van der Waals surface area contributed by atoms with E-state index in [-0.39, 0.29) is 0 Å². The van der Waals surface area contributed by atoms with Crippen LogP contribution in [-0.4, -0.2) is 18.3 Å². The minimum absolute atomic E-state index is 0.448. The molecule has 0 radical (unpaired) electrons. The molecule has 0 aliphatic rings. The van der Waals surface area contributed by atoms with Crippen LogP contribution < -0.4 is 5.48 Å². The predicted octanol–water partition coefficient (Wildman–Crippen LogP) is 2.41. The Kier molecular flexibility index (Phi) is 5.95. The quantitative estimate of drug-likeness (QED) is 0.431. The van der Waals surface area contributed by atoms with Crippen molar-refractivity contribution in [3.05, 3.63) is 12.2 Å². The number of carbonyl (C=O) groups excluding carboxylic acids is 1. The molecule has 4 nitrogen and oxygen atoms in total. The maximum atomic E-state index is 11.0. The molecule has 0 heterocycles. The molecule has 0 aromatic heterocycles. The van der Waals surface area contributed by atoms with Gasteiger partial charge in [-0.25, -0.2) is 4.79 Å². The van der Waals surface area contributed by atoms with Crippen LogP contribution in [0.4, 0.5) is 4.79 Å². The molecule has 0 aromatic rings. The van der Waals surface area contributed by atoms with Gasteiger partial charge < -0.3 is 4.74 Å². The number of ether oxygens (including phenoxy) is 1. The summed E-state index contributed by atoms with van der Waals surface area (Å²) in [6.45, 7) is 7.77. The van der Waals surface area contributed by atoms with Crippen LogP contribution >= 0.6 is 0 Å². The molecule has 82 valence electrons. The molecule has 0 fully saturated rings. The molecule has 0 atom stereocenters. The largest absolute Gasteiger partial charge is 0.442 e. The summed E-state index contributed by atoms with van der Waals surface area (Å²) < 4.78 is 4.95. The highest BCUT2D eigenvalue weighted by atomic mass is 16.7. The topological polar surface area (TPSA) is 47.6 Å². The SMILES string of the molecule is C/C=C/CCONC(=O)OC(C)(C)C. The van der Waals surface area contributed by atoms with Gasteiger partial charge in [-0.05, 0) is 34.1 Å². The van der Waals surface area contributed by atoms with E-state index in [1.165, 1.54) is 0 Å². The zero-order chi connectivity index (χ0) is 11.0. The van der Waals surface area contributed by atoms with Crippen LogP contribution in [0.25, 0.3) is 0 Å². The Bertz CT molecular complexity index is 194. The second kappa shape index (κ2) is 6.43. The Morgan fingerprint density at radius 2 is 2.07 bits per heavy atom. The minimum atomic E-state index is -0.557. The van der Waals surface area contributed by atoms with Crippen molar-refractivity contribution >= 4 is 6.09 Å². The summed E-state index contributed by atoms with van der Waals surface area (Å²) in [6.07, 6.45) is 4.10. The molecule has 0 saturated heterocycles. The molecule has 1 N–H and O–H groups in total. The van der Waals surface area contributed by atoms with Crippen LogP contribution in [0.15, 0.2) is 12.2 Å². The standard InChI is InChI=1S/C10H19NO3/c1-5-6-7-8-13-11-9(12)14-10(2,3)4/h5-6H,7-8H2,1-4H3,(H,11,12)/b6-5+. The van der Waals surface area contributed by atoms with E-state index in [2.05, 4.69) is 5.48 Å². The molecule has 0 unspecified atom stereocenters. The summed E-state index contributed by atoms with van der Waals surface area (Å²) in [5, 5.41) is 0. The highest BCUT2D eigenvalue weighted by Crippen LogP contribution is 2.06. The van der Waals surface area contributed by atoms with Gasteiger partial charge in [-0.3, -0.25) is 4.84 Å². The van der Waals surface area contributed by atoms with E-state index < -0.39 is 11.7 Å². The van der Waals surface area contributed by atoms with E-state index in [4.69, 9.17) is 9.57 Å². The summed E-state index contributed by atoms with van der Waals surface area (Å²) in [6, 6.07) is 0. The van der Waals surface area contributed by atoms with Crippen molar-refractivity contribution in [2.24, 2.45) is 0 Å². The number of hydrogen-bond donors (Lipinski definition) is 1. The Labute approximate surface area is 85.2 Å². The fraction of sp³-hybridized carbons (Fsp3) is 0.700. The van der Waals surface area contributed by atoms with Gasteiger partial charge in [0.15, 0.2) is 0 Å². The van der Waals surface area contributed by atoms with Crippen molar-refractivity contribution in [2.45, 2.75) is 39.7 Å². The molecular weight excluding hydrogens is 182 g/mol. The van der Waals surface area contributed by atoms with Crippen molar-refractivity contribution in [1.29, 1.82) is 0 Å². The maximum Gasteiger partial charge on any atom is 0.431 e. The number of carbonyl (C=O) groups is 1. The molecule has 0 bridgehead atoms. The van der Waals surface area contributed by atoms with Gasteiger partial charge >= 0.3 is 6.09 Å². The summed E-state index contributed by atoms with van der Waals surface area (Å²) in [7, 11) is 0. The third-order valence-corrected chi connectivity index (χ3v) is 1.18. The number of hydrogen-bond acceptors (Lipinski definition) is 3. The second-order valence-corrected chi connectivity index (χ2v) is 3.81. The summed E-state index contributed by atoms with van der Waals surface area (Å²) in [4.78, 5) is 15.9. The van der Waals surface area contributed by atoms with Crippen LogP contribution in [0.5, 0.6) is 0 Å².